The Labute approximate surface area is 187 Å². The van der Waals surface area contributed by atoms with E-state index in [1.54, 1.807) is 0 Å². The number of carbonyl (C=O) groups is 3. The molecule has 1 saturated carbocycles. The average molecular weight is 448 g/mol. The van der Waals surface area contributed by atoms with Gasteiger partial charge in [-0.3, -0.25) is 9.59 Å². The number of carboxylic acid groups (broad SMARTS) is 1. The van der Waals surface area contributed by atoms with Gasteiger partial charge in [0, 0.05) is 61.4 Å². The highest BCUT2D eigenvalue weighted by Crippen LogP contribution is 2.35. The number of likely N-dealkylation sites (tertiary alicyclic amines) is 2. The van der Waals surface area contributed by atoms with Crippen molar-refractivity contribution >= 4 is 29.5 Å². The first-order valence-electron chi connectivity index (χ1n) is 11.2. The van der Waals surface area contributed by atoms with Gasteiger partial charge in [0.2, 0.25) is 11.8 Å². The molecule has 4 rings (SSSR count). The molecule has 2 N–H and O–H groups in total. The second-order valence-electron chi connectivity index (χ2n) is 9.07. The predicted molar refractivity (Wildman–Crippen MR) is 117 cm³/mol. The third kappa shape index (κ3) is 4.97. The van der Waals surface area contributed by atoms with Gasteiger partial charge in [-0.15, -0.1) is 0 Å². The van der Waals surface area contributed by atoms with Gasteiger partial charge in [0.15, 0.2) is 0 Å². The van der Waals surface area contributed by atoms with Crippen LogP contribution in [0.3, 0.4) is 0 Å². The number of halogens is 1. The summed E-state index contributed by atoms with van der Waals surface area (Å²) in [5, 5.41) is 12.2. The summed E-state index contributed by atoms with van der Waals surface area (Å²) in [6.45, 7) is 2.73. The van der Waals surface area contributed by atoms with E-state index in [0.717, 1.165) is 24.8 Å². The topological polar surface area (TPSA) is 89.9 Å². The number of nitrogens with one attached hydrogen (secondary N) is 1. The van der Waals surface area contributed by atoms with Gasteiger partial charge in [-0.2, -0.15) is 0 Å². The second kappa shape index (κ2) is 9.47. The van der Waals surface area contributed by atoms with Crippen molar-refractivity contribution in [1.82, 2.24) is 15.1 Å². The van der Waals surface area contributed by atoms with Gasteiger partial charge >= 0.3 is 6.09 Å². The predicted octanol–water partition coefficient (Wildman–Crippen LogP) is 3.19. The molecule has 3 fully saturated rings. The third-order valence-electron chi connectivity index (χ3n) is 7.18. The maximum atomic E-state index is 13.3. The van der Waals surface area contributed by atoms with Crippen LogP contribution in [0.15, 0.2) is 24.3 Å². The van der Waals surface area contributed by atoms with Gasteiger partial charge in [-0.1, -0.05) is 30.2 Å². The van der Waals surface area contributed by atoms with Crippen molar-refractivity contribution in [3.05, 3.63) is 34.9 Å². The first-order chi connectivity index (χ1) is 14.9. The maximum Gasteiger partial charge on any atom is 0.404 e. The van der Waals surface area contributed by atoms with E-state index < -0.39 is 6.09 Å². The lowest BCUT2D eigenvalue weighted by atomic mass is 9.83. The van der Waals surface area contributed by atoms with Crippen LogP contribution in [0.4, 0.5) is 4.79 Å². The Morgan fingerprint density at radius 3 is 2.13 bits per heavy atom. The molecule has 168 valence electrons. The molecule has 0 aromatic heterocycles. The van der Waals surface area contributed by atoms with E-state index in [2.05, 4.69) is 5.32 Å². The first kappa shape index (κ1) is 21.9. The van der Waals surface area contributed by atoms with Gasteiger partial charge in [0.05, 0.1) is 0 Å². The first-order valence-corrected chi connectivity index (χ1v) is 11.6. The van der Waals surface area contributed by atoms with Crippen LogP contribution in [-0.2, 0) is 9.59 Å². The minimum absolute atomic E-state index is 0.0153. The van der Waals surface area contributed by atoms with Crippen molar-refractivity contribution in [2.24, 2.45) is 17.8 Å². The van der Waals surface area contributed by atoms with Crippen molar-refractivity contribution in [3.8, 4) is 0 Å². The Kier molecular flexibility index (Phi) is 6.70. The van der Waals surface area contributed by atoms with Gasteiger partial charge in [-0.25, -0.2) is 4.79 Å². The number of benzene rings is 1. The fraction of sp³-hybridized carbons (Fsp3) is 0.609. The third-order valence-corrected chi connectivity index (χ3v) is 7.43. The Morgan fingerprint density at radius 1 is 0.935 bits per heavy atom. The number of piperidine rings is 1. The number of rotatable bonds is 5. The minimum Gasteiger partial charge on any atom is -0.465 e. The number of amides is 3. The normalized spacial score (nSPS) is 24.7. The van der Waals surface area contributed by atoms with Crippen molar-refractivity contribution < 1.29 is 19.5 Å². The highest BCUT2D eigenvalue weighted by atomic mass is 35.5. The summed E-state index contributed by atoms with van der Waals surface area (Å²) in [5.74, 6) is 0.610. The number of hydrogen-bond acceptors (Lipinski definition) is 3. The smallest absolute Gasteiger partial charge is 0.404 e. The quantitative estimate of drug-likeness (QED) is 0.725. The Hall–Kier alpha value is -2.28. The van der Waals surface area contributed by atoms with Gasteiger partial charge in [0.25, 0.3) is 0 Å². The van der Waals surface area contributed by atoms with Gasteiger partial charge in [0.1, 0.15) is 0 Å². The molecule has 2 aliphatic heterocycles. The van der Waals surface area contributed by atoms with Crippen LogP contribution in [0, 0.1) is 17.8 Å². The monoisotopic (exact) mass is 447 g/mol. The largest absolute Gasteiger partial charge is 0.465 e. The molecule has 0 radical (unpaired) electrons. The molecule has 2 saturated heterocycles. The molecule has 8 heteroatoms. The Morgan fingerprint density at radius 2 is 1.55 bits per heavy atom. The second-order valence-corrected chi connectivity index (χ2v) is 9.51. The van der Waals surface area contributed by atoms with Crippen molar-refractivity contribution in [1.29, 1.82) is 0 Å². The van der Waals surface area contributed by atoms with Crippen LogP contribution >= 0.6 is 11.6 Å². The van der Waals surface area contributed by atoms with Crippen molar-refractivity contribution in [2.45, 2.75) is 38.0 Å². The number of hydrogen-bond donors (Lipinski definition) is 2. The SMILES string of the molecule is O=C(O)NC[C@H]1CN(C(=O)C2CCN(C(=O)C3CCC3)CC2)C[C@H]1c1ccc(Cl)cc1. The zero-order valence-electron chi connectivity index (χ0n) is 17.6. The molecular formula is C23H30ClN3O4. The zero-order chi connectivity index (χ0) is 22.0. The molecule has 0 spiro atoms. The van der Waals surface area contributed by atoms with E-state index in [9.17, 15) is 14.4 Å². The summed E-state index contributed by atoms with van der Waals surface area (Å²) in [5.41, 5.74) is 1.07. The van der Waals surface area contributed by atoms with E-state index in [1.165, 1.54) is 0 Å². The molecule has 1 aromatic carbocycles. The van der Waals surface area contributed by atoms with Crippen LogP contribution in [-0.4, -0.2) is 65.5 Å². The highest BCUT2D eigenvalue weighted by Gasteiger charge is 2.40. The van der Waals surface area contributed by atoms with Crippen molar-refractivity contribution in [3.63, 3.8) is 0 Å². The lowest BCUT2D eigenvalue weighted by Gasteiger charge is -2.37. The molecule has 1 aromatic rings. The van der Waals surface area contributed by atoms with Crippen LogP contribution in [0.5, 0.6) is 0 Å². The molecule has 3 aliphatic rings. The lowest BCUT2D eigenvalue weighted by Crippen LogP contribution is -2.46. The molecule has 31 heavy (non-hydrogen) atoms. The van der Waals surface area contributed by atoms with Gasteiger partial charge < -0.3 is 20.2 Å². The summed E-state index contributed by atoms with van der Waals surface area (Å²) in [4.78, 5) is 40.6. The summed E-state index contributed by atoms with van der Waals surface area (Å²) < 4.78 is 0. The molecular weight excluding hydrogens is 418 g/mol. The standard InChI is InChI=1S/C23H30ClN3O4/c24-19-6-4-15(5-7-19)20-14-27(13-18(20)12-25-23(30)31)22(29)17-8-10-26(11-9-17)21(28)16-2-1-3-16/h4-7,16-18,20,25H,1-3,8-14H2,(H,30,31)/t18-,20-/m0/s1. The minimum atomic E-state index is -1.05. The molecule has 2 atom stereocenters. The average Bonchev–Trinajstić information content (AvgIpc) is 3.15. The maximum absolute atomic E-state index is 13.3. The molecule has 2 heterocycles. The van der Waals surface area contributed by atoms with Crippen LogP contribution in [0.25, 0.3) is 0 Å². The summed E-state index contributed by atoms with van der Waals surface area (Å²) >= 11 is 6.02. The summed E-state index contributed by atoms with van der Waals surface area (Å²) in [6, 6.07) is 7.58. The van der Waals surface area contributed by atoms with Crippen LogP contribution in [0.2, 0.25) is 5.02 Å². The summed E-state index contributed by atoms with van der Waals surface area (Å²) in [7, 11) is 0. The molecule has 1 aliphatic carbocycles. The lowest BCUT2D eigenvalue weighted by molar-refractivity contribution is -0.143. The van der Waals surface area contributed by atoms with Crippen LogP contribution < -0.4 is 5.32 Å². The van der Waals surface area contributed by atoms with E-state index in [-0.39, 0.29) is 35.5 Å². The van der Waals surface area contributed by atoms with Crippen molar-refractivity contribution in [2.75, 3.05) is 32.7 Å². The fourth-order valence-electron chi connectivity index (χ4n) is 5.08. The van der Waals surface area contributed by atoms with E-state index >= 15 is 0 Å². The van der Waals surface area contributed by atoms with Gasteiger partial charge in [-0.05, 0) is 43.4 Å². The molecule has 3 amide bonds. The molecule has 7 nitrogen and oxygen atoms in total. The number of carbonyl (C=O) groups excluding carboxylic acids is 2. The van der Waals surface area contributed by atoms with E-state index in [4.69, 9.17) is 16.7 Å². The van der Waals surface area contributed by atoms with Crippen LogP contribution in [0.1, 0.15) is 43.6 Å². The zero-order valence-corrected chi connectivity index (χ0v) is 18.4. The Bertz CT molecular complexity index is 819. The summed E-state index contributed by atoms with van der Waals surface area (Å²) in [6.07, 6.45) is 3.51. The Balaban J connectivity index is 1.38. The van der Waals surface area contributed by atoms with E-state index in [1.807, 2.05) is 34.1 Å². The molecule has 0 unspecified atom stereocenters. The van der Waals surface area contributed by atoms with E-state index in [0.29, 0.717) is 50.6 Å². The molecule has 0 bridgehead atoms. The fourth-order valence-corrected chi connectivity index (χ4v) is 5.21. The number of nitrogens with zero attached hydrogens (tertiary/aromatic N) is 2. The highest BCUT2D eigenvalue weighted by molar-refractivity contribution is 6.30.